The van der Waals surface area contributed by atoms with Gasteiger partial charge >= 0.3 is 0 Å². The summed E-state index contributed by atoms with van der Waals surface area (Å²) in [6.07, 6.45) is -0.841. The number of nitrogens with zero attached hydrogens (tertiary/aromatic N) is 2. The third-order valence-corrected chi connectivity index (χ3v) is 3.92. The van der Waals surface area contributed by atoms with E-state index in [1.54, 1.807) is 10.7 Å². The van der Waals surface area contributed by atoms with Gasteiger partial charge in [-0.3, -0.25) is 4.68 Å². The van der Waals surface area contributed by atoms with Gasteiger partial charge in [0.2, 0.25) is 0 Å². The largest absolute Gasteiger partial charge is 0.456 e. The van der Waals surface area contributed by atoms with E-state index in [0.29, 0.717) is 16.4 Å². The lowest BCUT2D eigenvalue weighted by atomic mass is 10.1. The van der Waals surface area contributed by atoms with Gasteiger partial charge in [-0.1, -0.05) is 23.7 Å². The maximum Gasteiger partial charge on any atom is 0.153 e. The van der Waals surface area contributed by atoms with Crippen molar-refractivity contribution in [1.29, 1.82) is 0 Å². The fourth-order valence-electron chi connectivity index (χ4n) is 2.51. The maximum atomic E-state index is 10.6. The lowest BCUT2D eigenvalue weighted by Crippen LogP contribution is -2.01. The minimum atomic E-state index is -0.841. The number of hydrogen-bond donors (Lipinski definition) is 1. The van der Waals surface area contributed by atoms with Crippen LogP contribution in [0, 0.1) is 13.8 Å². The van der Waals surface area contributed by atoms with Crippen molar-refractivity contribution >= 4 is 22.6 Å². The van der Waals surface area contributed by atoms with E-state index >= 15 is 0 Å². The number of aliphatic hydroxyl groups excluding tert-OH is 1. The number of aromatic nitrogens is 2. The first-order chi connectivity index (χ1) is 9.49. The van der Waals surface area contributed by atoms with Crippen LogP contribution in [0.25, 0.3) is 11.0 Å². The normalized spacial score (nSPS) is 13.1. The van der Waals surface area contributed by atoms with Gasteiger partial charge in [0, 0.05) is 23.7 Å². The molecule has 1 unspecified atom stereocenters. The van der Waals surface area contributed by atoms with Gasteiger partial charge in [-0.15, -0.1) is 0 Å². The highest BCUT2D eigenvalue weighted by atomic mass is 35.5. The Morgan fingerprint density at radius 3 is 2.70 bits per heavy atom. The lowest BCUT2D eigenvalue weighted by molar-refractivity contribution is 0.191. The fraction of sp³-hybridized carbons (Fsp3) is 0.267. The third-order valence-electron chi connectivity index (χ3n) is 3.62. The Morgan fingerprint density at radius 2 is 2.10 bits per heavy atom. The average molecular weight is 291 g/mol. The Hall–Kier alpha value is -1.78. The molecular weight excluding hydrogens is 276 g/mol. The second-order valence-electron chi connectivity index (χ2n) is 4.92. The van der Waals surface area contributed by atoms with E-state index in [1.165, 1.54) is 0 Å². The van der Waals surface area contributed by atoms with Crippen LogP contribution in [0.15, 0.2) is 28.7 Å². The number of aryl methyl sites for hydroxylation is 2. The Kier molecular flexibility index (Phi) is 3.07. The number of rotatable bonds is 2. The van der Waals surface area contributed by atoms with E-state index in [-0.39, 0.29) is 0 Å². The van der Waals surface area contributed by atoms with Gasteiger partial charge in [0.1, 0.15) is 11.9 Å². The molecule has 5 heteroatoms. The highest BCUT2D eigenvalue weighted by Crippen LogP contribution is 2.33. The summed E-state index contributed by atoms with van der Waals surface area (Å²) in [5.74, 6) is 0.479. The number of para-hydroxylation sites is 1. The highest BCUT2D eigenvalue weighted by Gasteiger charge is 2.23. The zero-order valence-corrected chi connectivity index (χ0v) is 12.3. The van der Waals surface area contributed by atoms with Crippen molar-refractivity contribution in [1.82, 2.24) is 9.78 Å². The molecule has 0 aliphatic heterocycles. The van der Waals surface area contributed by atoms with Crippen molar-refractivity contribution < 1.29 is 9.52 Å². The van der Waals surface area contributed by atoms with Crippen LogP contribution in [0.3, 0.4) is 0 Å². The molecule has 3 aromatic rings. The Morgan fingerprint density at radius 1 is 1.35 bits per heavy atom. The van der Waals surface area contributed by atoms with E-state index in [4.69, 9.17) is 16.0 Å². The average Bonchev–Trinajstić information content (AvgIpc) is 2.93. The van der Waals surface area contributed by atoms with Crippen LogP contribution in [0.5, 0.6) is 0 Å². The van der Waals surface area contributed by atoms with E-state index in [0.717, 1.165) is 22.3 Å². The summed E-state index contributed by atoms with van der Waals surface area (Å²) in [7, 11) is 1.86. The molecule has 104 valence electrons. The van der Waals surface area contributed by atoms with E-state index in [2.05, 4.69) is 5.10 Å². The Bertz CT molecular complexity index is 789. The van der Waals surface area contributed by atoms with Crippen molar-refractivity contribution in [3.8, 4) is 0 Å². The van der Waals surface area contributed by atoms with Crippen LogP contribution in [0.1, 0.15) is 28.8 Å². The van der Waals surface area contributed by atoms with Gasteiger partial charge in [0.15, 0.2) is 5.58 Å². The Labute approximate surface area is 121 Å². The van der Waals surface area contributed by atoms with Crippen molar-refractivity contribution in [3.63, 3.8) is 0 Å². The monoisotopic (exact) mass is 290 g/mol. The third kappa shape index (κ3) is 1.92. The van der Waals surface area contributed by atoms with Gasteiger partial charge in [-0.05, 0) is 26.0 Å². The minimum absolute atomic E-state index is 0.479. The van der Waals surface area contributed by atoms with E-state index < -0.39 is 6.10 Å². The van der Waals surface area contributed by atoms with Crippen molar-refractivity contribution in [2.24, 2.45) is 7.05 Å². The molecule has 0 fully saturated rings. The molecule has 0 radical (unpaired) electrons. The predicted octanol–water partition coefficient (Wildman–Crippen LogP) is 3.52. The van der Waals surface area contributed by atoms with Gasteiger partial charge < -0.3 is 9.52 Å². The molecule has 0 aliphatic carbocycles. The minimum Gasteiger partial charge on any atom is -0.456 e. The second-order valence-corrected chi connectivity index (χ2v) is 5.32. The number of halogens is 1. The number of benzene rings is 1. The van der Waals surface area contributed by atoms with Crippen LogP contribution in [-0.4, -0.2) is 14.9 Å². The first-order valence-corrected chi connectivity index (χ1v) is 6.73. The van der Waals surface area contributed by atoms with Gasteiger partial charge in [-0.2, -0.15) is 5.10 Å². The molecule has 0 bridgehead atoms. The molecular formula is C15H15ClN2O2. The topological polar surface area (TPSA) is 51.2 Å². The molecule has 0 saturated heterocycles. The van der Waals surface area contributed by atoms with Crippen LogP contribution >= 0.6 is 11.6 Å². The molecule has 2 heterocycles. The molecule has 4 nitrogen and oxygen atoms in total. The quantitative estimate of drug-likeness (QED) is 0.785. The van der Waals surface area contributed by atoms with Crippen LogP contribution < -0.4 is 0 Å². The number of fused-ring (bicyclic) bond motifs is 1. The van der Waals surface area contributed by atoms with E-state index in [9.17, 15) is 5.11 Å². The number of furan rings is 1. The SMILES string of the molecule is Cc1nn(C)c(C)c1C(O)c1cc2cccc(Cl)c2o1. The first-order valence-electron chi connectivity index (χ1n) is 6.35. The van der Waals surface area contributed by atoms with Crippen LogP contribution in [0.4, 0.5) is 0 Å². The van der Waals surface area contributed by atoms with Crippen molar-refractivity contribution in [2.45, 2.75) is 20.0 Å². The Balaban J connectivity index is 2.13. The molecule has 1 aromatic carbocycles. The summed E-state index contributed by atoms with van der Waals surface area (Å²) in [4.78, 5) is 0. The summed E-state index contributed by atoms with van der Waals surface area (Å²) < 4.78 is 7.47. The van der Waals surface area contributed by atoms with Gasteiger partial charge in [-0.25, -0.2) is 0 Å². The molecule has 1 atom stereocenters. The molecule has 0 spiro atoms. The summed E-state index contributed by atoms with van der Waals surface area (Å²) in [6.45, 7) is 3.80. The molecule has 0 amide bonds. The zero-order chi connectivity index (χ0) is 14.4. The summed E-state index contributed by atoms with van der Waals surface area (Å²) >= 11 is 6.10. The maximum absolute atomic E-state index is 10.6. The molecule has 0 aliphatic rings. The zero-order valence-electron chi connectivity index (χ0n) is 11.5. The number of aliphatic hydroxyl groups is 1. The molecule has 20 heavy (non-hydrogen) atoms. The molecule has 1 N–H and O–H groups in total. The summed E-state index contributed by atoms with van der Waals surface area (Å²) in [5, 5.41) is 16.3. The highest BCUT2D eigenvalue weighted by molar-refractivity contribution is 6.34. The fourth-order valence-corrected chi connectivity index (χ4v) is 2.73. The van der Waals surface area contributed by atoms with Crippen molar-refractivity contribution in [3.05, 3.63) is 52.0 Å². The van der Waals surface area contributed by atoms with Crippen LogP contribution in [-0.2, 0) is 7.05 Å². The molecule has 0 saturated carbocycles. The lowest BCUT2D eigenvalue weighted by Gasteiger charge is -2.08. The van der Waals surface area contributed by atoms with Crippen molar-refractivity contribution in [2.75, 3.05) is 0 Å². The predicted molar refractivity (Wildman–Crippen MR) is 78.0 cm³/mol. The molecule has 3 rings (SSSR count). The van der Waals surface area contributed by atoms with Gasteiger partial charge in [0.25, 0.3) is 0 Å². The van der Waals surface area contributed by atoms with E-state index in [1.807, 2.05) is 39.1 Å². The second kappa shape index (κ2) is 4.65. The summed E-state index contributed by atoms with van der Waals surface area (Å²) in [5.41, 5.74) is 3.09. The van der Waals surface area contributed by atoms with Gasteiger partial charge in [0.05, 0.1) is 10.7 Å². The summed E-state index contributed by atoms with van der Waals surface area (Å²) in [6, 6.07) is 7.35. The smallest absolute Gasteiger partial charge is 0.153 e. The standard InChI is InChI=1S/C15H15ClN2O2/c1-8-13(9(2)18(3)17-8)14(19)12-7-10-5-4-6-11(16)15(10)20-12/h4-7,14,19H,1-3H3. The first kappa shape index (κ1) is 13.2. The van der Waals surface area contributed by atoms with Crippen LogP contribution in [0.2, 0.25) is 5.02 Å². The number of hydrogen-bond acceptors (Lipinski definition) is 3. The molecule has 2 aromatic heterocycles.